The van der Waals surface area contributed by atoms with Gasteiger partial charge in [0.1, 0.15) is 10.7 Å². The van der Waals surface area contributed by atoms with Crippen LogP contribution in [0.25, 0.3) is 0 Å². The van der Waals surface area contributed by atoms with Gasteiger partial charge >= 0.3 is 0 Å². The van der Waals surface area contributed by atoms with Gasteiger partial charge in [0, 0.05) is 25.8 Å². The van der Waals surface area contributed by atoms with E-state index in [-0.39, 0.29) is 4.90 Å². The van der Waals surface area contributed by atoms with Crippen LogP contribution >= 0.6 is 0 Å². The van der Waals surface area contributed by atoms with Gasteiger partial charge in [-0.15, -0.1) is 0 Å². The molecule has 0 spiro atoms. The quantitative estimate of drug-likeness (QED) is 0.816. The molecule has 6 nitrogen and oxygen atoms in total. The van der Waals surface area contributed by atoms with Crippen LogP contribution in [0.15, 0.2) is 23.2 Å². The van der Waals surface area contributed by atoms with Crippen molar-refractivity contribution < 1.29 is 8.42 Å². The van der Waals surface area contributed by atoms with E-state index in [9.17, 15) is 8.42 Å². The Morgan fingerprint density at radius 1 is 1.50 bits per heavy atom. The van der Waals surface area contributed by atoms with Crippen LogP contribution < -0.4 is 10.0 Å². The van der Waals surface area contributed by atoms with Crippen LogP contribution in [-0.4, -0.2) is 51.0 Å². The summed E-state index contributed by atoms with van der Waals surface area (Å²) < 4.78 is 27.4. The van der Waals surface area contributed by atoms with Gasteiger partial charge in [-0.05, 0) is 38.1 Å². The van der Waals surface area contributed by atoms with Gasteiger partial charge in [-0.25, -0.2) is 18.1 Å². The molecule has 1 aromatic heterocycles. The van der Waals surface area contributed by atoms with Crippen molar-refractivity contribution in [2.75, 3.05) is 32.0 Å². The van der Waals surface area contributed by atoms with E-state index in [1.165, 1.54) is 0 Å². The molecule has 1 fully saturated rings. The molecule has 1 aromatic rings. The smallest absolute Gasteiger partial charge is 0.244 e. The summed E-state index contributed by atoms with van der Waals surface area (Å²) in [6.07, 6.45) is 3.75. The number of nitrogens with one attached hydrogen (secondary N) is 2. The zero-order chi connectivity index (χ0) is 14.6. The van der Waals surface area contributed by atoms with Crippen molar-refractivity contribution in [3.63, 3.8) is 0 Å². The minimum absolute atomic E-state index is 0.198. The fourth-order valence-electron chi connectivity index (χ4n) is 2.62. The first kappa shape index (κ1) is 15.2. The zero-order valence-electron chi connectivity index (χ0n) is 12.0. The van der Waals surface area contributed by atoms with Gasteiger partial charge in [-0.1, -0.05) is 6.92 Å². The third-order valence-electron chi connectivity index (χ3n) is 3.71. The molecule has 0 amide bonds. The van der Waals surface area contributed by atoms with Crippen LogP contribution in [-0.2, 0) is 10.0 Å². The molecule has 7 heteroatoms. The van der Waals surface area contributed by atoms with Crippen LogP contribution in [0.2, 0.25) is 0 Å². The molecule has 0 saturated carbocycles. The van der Waals surface area contributed by atoms with Crippen molar-refractivity contribution >= 4 is 15.8 Å². The van der Waals surface area contributed by atoms with Gasteiger partial charge in [-0.3, -0.25) is 4.90 Å². The number of nitrogens with zero attached hydrogens (tertiary/aromatic N) is 2. The highest BCUT2D eigenvalue weighted by Crippen LogP contribution is 2.19. The Labute approximate surface area is 120 Å². The van der Waals surface area contributed by atoms with E-state index in [2.05, 4.69) is 26.8 Å². The lowest BCUT2D eigenvalue weighted by Gasteiger charge is -2.23. The number of sulfonamides is 1. The molecule has 0 radical (unpaired) electrons. The lowest BCUT2D eigenvalue weighted by atomic mass is 10.2. The van der Waals surface area contributed by atoms with Crippen molar-refractivity contribution in [3.8, 4) is 0 Å². The standard InChI is InChI=1S/C13H22N4O2S/c1-3-17-9-5-6-11(17)10-16-20(18,19)12-7-4-8-15-13(12)14-2/h4,7-8,11,16H,3,5-6,9-10H2,1-2H3,(H,14,15). The van der Waals surface area contributed by atoms with Crippen LogP contribution in [0.5, 0.6) is 0 Å². The maximum absolute atomic E-state index is 12.4. The lowest BCUT2D eigenvalue weighted by molar-refractivity contribution is 0.268. The van der Waals surface area contributed by atoms with Crippen LogP contribution in [0.4, 0.5) is 5.82 Å². The molecule has 20 heavy (non-hydrogen) atoms. The largest absolute Gasteiger partial charge is 0.372 e. The topological polar surface area (TPSA) is 74.3 Å². The van der Waals surface area contributed by atoms with E-state index in [0.29, 0.717) is 18.4 Å². The number of aromatic nitrogens is 1. The fourth-order valence-corrected chi connectivity index (χ4v) is 3.86. The van der Waals surface area contributed by atoms with Crippen LogP contribution in [0.1, 0.15) is 19.8 Å². The first-order valence-electron chi connectivity index (χ1n) is 6.95. The molecule has 0 bridgehead atoms. The third kappa shape index (κ3) is 3.28. The SMILES string of the molecule is CCN1CCCC1CNS(=O)(=O)c1cccnc1NC. The lowest BCUT2D eigenvalue weighted by Crippen LogP contribution is -2.40. The summed E-state index contributed by atoms with van der Waals surface area (Å²) in [5.41, 5.74) is 0. The highest BCUT2D eigenvalue weighted by molar-refractivity contribution is 7.89. The summed E-state index contributed by atoms with van der Waals surface area (Å²) in [4.78, 5) is 6.54. The monoisotopic (exact) mass is 298 g/mol. The molecule has 2 heterocycles. The molecule has 1 unspecified atom stereocenters. The summed E-state index contributed by atoms with van der Waals surface area (Å²) in [6, 6.07) is 3.49. The van der Waals surface area contributed by atoms with E-state index in [1.807, 2.05) is 0 Å². The number of anilines is 1. The second-order valence-corrected chi connectivity index (χ2v) is 6.61. The Morgan fingerprint density at radius 2 is 2.30 bits per heavy atom. The predicted octanol–water partition coefficient (Wildman–Crippen LogP) is 0.886. The third-order valence-corrected chi connectivity index (χ3v) is 5.17. The second kappa shape index (κ2) is 6.51. The van der Waals surface area contributed by atoms with Crippen molar-refractivity contribution in [2.24, 2.45) is 0 Å². The van der Waals surface area contributed by atoms with Gasteiger partial charge < -0.3 is 5.32 Å². The maximum Gasteiger partial charge on any atom is 0.244 e. The van der Waals surface area contributed by atoms with Gasteiger partial charge in [0.25, 0.3) is 0 Å². The summed E-state index contributed by atoms with van der Waals surface area (Å²) >= 11 is 0. The maximum atomic E-state index is 12.4. The molecular weight excluding hydrogens is 276 g/mol. The Hall–Kier alpha value is -1.18. The summed E-state index contributed by atoms with van der Waals surface area (Å²) in [5, 5.41) is 2.81. The van der Waals surface area contributed by atoms with Crippen LogP contribution in [0.3, 0.4) is 0 Å². The van der Waals surface area contributed by atoms with Crippen molar-refractivity contribution in [1.82, 2.24) is 14.6 Å². The van der Waals surface area contributed by atoms with Crippen molar-refractivity contribution in [2.45, 2.75) is 30.7 Å². The molecule has 1 aliphatic heterocycles. The number of rotatable bonds is 6. The van der Waals surface area contributed by atoms with E-state index in [0.717, 1.165) is 25.9 Å². The molecule has 0 aromatic carbocycles. The van der Waals surface area contributed by atoms with Crippen molar-refractivity contribution in [1.29, 1.82) is 0 Å². The van der Waals surface area contributed by atoms with E-state index >= 15 is 0 Å². The highest BCUT2D eigenvalue weighted by atomic mass is 32.2. The van der Waals surface area contributed by atoms with Gasteiger partial charge in [0.05, 0.1) is 0 Å². The summed E-state index contributed by atoms with van der Waals surface area (Å²) in [7, 11) is -1.86. The molecule has 2 rings (SSSR count). The summed E-state index contributed by atoms with van der Waals surface area (Å²) in [6.45, 7) is 4.57. The molecule has 2 N–H and O–H groups in total. The number of hydrogen-bond acceptors (Lipinski definition) is 5. The number of hydrogen-bond donors (Lipinski definition) is 2. The first-order chi connectivity index (χ1) is 9.58. The zero-order valence-corrected chi connectivity index (χ0v) is 12.8. The molecular formula is C13H22N4O2S. The Kier molecular flexibility index (Phi) is 4.95. The number of pyridine rings is 1. The van der Waals surface area contributed by atoms with Crippen LogP contribution in [0, 0.1) is 0 Å². The second-order valence-electron chi connectivity index (χ2n) is 4.88. The molecule has 1 aliphatic rings. The summed E-state index contributed by atoms with van der Waals surface area (Å²) in [5.74, 6) is 0.374. The van der Waals surface area contributed by atoms with E-state index in [1.54, 1.807) is 25.4 Å². The number of likely N-dealkylation sites (N-methyl/N-ethyl adjacent to an activating group) is 1. The molecule has 0 aliphatic carbocycles. The minimum Gasteiger partial charge on any atom is -0.372 e. The fraction of sp³-hybridized carbons (Fsp3) is 0.615. The van der Waals surface area contributed by atoms with E-state index < -0.39 is 10.0 Å². The van der Waals surface area contributed by atoms with Gasteiger partial charge in [0.15, 0.2) is 0 Å². The Balaban J connectivity index is 2.08. The van der Waals surface area contributed by atoms with Gasteiger partial charge in [0.2, 0.25) is 10.0 Å². The molecule has 1 saturated heterocycles. The Bertz CT molecular complexity index is 547. The average molecular weight is 298 g/mol. The van der Waals surface area contributed by atoms with Crippen molar-refractivity contribution in [3.05, 3.63) is 18.3 Å². The number of likely N-dealkylation sites (tertiary alicyclic amines) is 1. The average Bonchev–Trinajstić information content (AvgIpc) is 2.92. The molecule has 112 valence electrons. The minimum atomic E-state index is -3.52. The Morgan fingerprint density at radius 3 is 3.00 bits per heavy atom. The normalized spacial score (nSPS) is 20.2. The van der Waals surface area contributed by atoms with Gasteiger partial charge in [-0.2, -0.15) is 0 Å². The highest BCUT2D eigenvalue weighted by Gasteiger charge is 2.26. The predicted molar refractivity (Wildman–Crippen MR) is 79.2 cm³/mol. The first-order valence-corrected chi connectivity index (χ1v) is 8.43. The van der Waals surface area contributed by atoms with E-state index in [4.69, 9.17) is 0 Å². The molecule has 1 atom stereocenters.